The molecule has 0 saturated carbocycles. The number of rotatable bonds is 17. The summed E-state index contributed by atoms with van der Waals surface area (Å²) in [5.41, 5.74) is 1.60. The number of carboxylic acids is 1. The molecule has 0 bridgehead atoms. The van der Waals surface area contributed by atoms with E-state index in [0.29, 0.717) is 31.8 Å². The molecule has 11 nitrogen and oxygen atoms in total. The average molecular weight is 689 g/mol. The molecule has 1 aromatic rings. The Kier molecular flexibility index (Phi) is 38.8. The minimum absolute atomic E-state index is 0.0389. The molecular weight excluding hydrogens is 632 g/mol. The van der Waals surface area contributed by atoms with Crippen molar-refractivity contribution in [2.45, 2.75) is 72.8 Å². The molecule has 0 radical (unpaired) electrons. The summed E-state index contributed by atoms with van der Waals surface area (Å²) >= 11 is 0. The largest absolute Gasteiger partial charge is 0.478 e. The standard InChI is InChI=1S/C10H14O5.C8H14O2.C8H8.C7H12O2.C5H8O2/c1-7(3-4-9(12)13)10(14)15-6-5-8(2)11;1-4-5-6-10-8(9)7(2)3;1-2-8-6-4-3-5-7-8;1-3-5-6-9-7(8)4-2;1-3-5(6)7-4-2/h3-4,8,11H,1,5-6H2,2H3,(H,12,13);2,4-6H2,1,3H3;2-7H,1H2;4H,2-3,5-6H2,1H3;3H,1,4H2,2H3. The summed E-state index contributed by atoms with van der Waals surface area (Å²) in [5, 5.41) is 17.2. The van der Waals surface area contributed by atoms with Gasteiger partial charge in [0.15, 0.2) is 0 Å². The number of hydrogen-bond acceptors (Lipinski definition) is 10. The molecule has 11 heteroatoms. The van der Waals surface area contributed by atoms with Gasteiger partial charge in [-0.1, -0.05) is 96.0 Å². The van der Waals surface area contributed by atoms with Crippen LogP contribution in [0.4, 0.5) is 0 Å². The maximum Gasteiger partial charge on any atom is 0.337 e. The van der Waals surface area contributed by atoms with Crippen LogP contribution in [0.25, 0.3) is 6.08 Å². The van der Waals surface area contributed by atoms with E-state index in [1.165, 1.54) is 11.6 Å². The number of carboxylic acid groups (broad SMARTS) is 1. The van der Waals surface area contributed by atoms with Crippen LogP contribution < -0.4 is 0 Å². The average Bonchev–Trinajstić information content (AvgIpc) is 3.08. The van der Waals surface area contributed by atoms with Gasteiger partial charge in [0.2, 0.25) is 0 Å². The molecule has 2 N–H and O–H groups in total. The fourth-order valence-corrected chi connectivity index (χ4v) is 2.25. The lowest BCUT2D eigenvalue weighted by Gasteiger charge is -2.05. The first-order valence-electron chi connectivity index (χ1n) is 15.7. The molecule has 1 unspecified atom stereocenters. The van der Waals surface area contributed by atoms with E-state index in [-0.39, 0.29) is 30.1 Å². The fraction of sp³-hybridized carbons (Fsp3) is 0.395. The lowest BCUT2D eigenvalue weighted by atomic mass is 10.2. The zero-order valence-corrected chi connectivity index (χ0v) is 29.8. The summed E-state index contributed by atoms with van der Waals surface area (Å²) in [6, 6.07) is 10.0. The Morgan fingerprint density at radius 3 is 1.61 bits per heavy atom. The number of aliphatic hydroxyl groups is 1. The second-order valence-electron chi connectivity index (χ2n) is 9.54. The normalized spacial score (nSPS) is 9.67. The van der Waals surface area contributed by atoms with Crippen LogP contribution in [0.15, 0.2) is 98.7 Å². The molecule has 0 heterocycles. The van der Waals surface area contributed by atoms with E-state index < -0.39 is 18.0 Å². The second-order valence-corrected chi connectivity index (χ2v) is 9.54. The molecule has 1 aromatic carbocycles. The van der Waals surface area contributed by atoms with Crippen LogP contribution in [0.3, 0.4) is 0 Å². The van der Waals surface area contributed by atoms with Gasteiger partial charge in [0.1, 0.15) is 0 Å². The van der Waals surface area contributed by atoms with E-state index >= 15 is 0 Å². The van der Waals surface area contributed by atoms with E-state index in [1.54, 1.807) is 20.8 Å². The van der Waals surface area contributed by atoms with Crippen LogP contribution >= 0.6 is 0 Å². The van der Waals surface area contributed by atoms with Crippen LogP contribution in [-0.4, -0.2) is 72.6 Å². The lowest BCUT2D eigenvalue weighted by molar-refractivity contribution is -0.140. The maximum atomic E-state index is 11.1. The zero-order chi connectivity index (χ0) is 38.5. The second kappa shape index (κ2) is 37.4. The number of aliphatic carboxylic acids is 1. The predicted octanol–water partition coefficient (Wildman–Crippen LogP) is 6.98. The van der Waals surface area contributed by atoms with Crippen LogP contribution in [0.1, 0.15) is 72.3 Å². The molecule has 0 aromatic heterocycles. The Bertz CT molecular complexity index is 1150. The van der Waals surface area contributed by atoms with Crippen molar-refractivity contribution in [2.24, 2.45) is 0 Å². The van der Waals surface area contributed by atoms with Gasteiger partial charge in [-0.3, -0.25) is 0 Å². The quantitative estimate of drug-likeness (QED) is 0.0570. The van der Waals surface area contributed by atoms with Gasteiger partial charge in [-0.25, -0.2) is 24.0 Å². The van der Waals surface area contributed by atoms with Crippen molar-refractivity contribution in [1.82, 2.24) is 0 Å². The molecule has 0 aliphatic rings. The SMILES string of the molecule is C=C(C)C(=O)OCCCC.C=C(C=CC(=O)O)C(=O)OCCC(C)O.C=CC(=O)OCC.C=CC(=O)OCCCC.C=Cc1ccccc1. The fourth-order valence-electron chi connectivity index (χ4n) is 2.25. The van der Waals surface area contributed by atoms with Crippen molar-refractivity contribution in [3.8, 4) is 0 Å². The van der Waals surface area contributed by atoms with E-state index in [9.17, 15) is 24.0 Å². The Labute approximate surface area is 292 Å². The Morgan fingerprint density at radius 1 is 0.755 bits per heavy atom. The molecule has 274 valence electrons. The molecule has 0 spiro atoms. The van der Waals surface area contributed by atoms with Crippen LogP contribution in [0.2, 0.25) is 0 Å². The zero-order valence-electron chi connectivity index (χ0n) is 29.8. The number of ether oxygens (including phenoxy) is 4. The van der Waals surface area contributed by atoms with E-state index in [0.717, 1.165) is 43.9 Å². The Hall–Kier alpha value is -5.03. The first kappa shape index (κ1) is 50.8. The van der Waals surface area contributed by atoms with Crippen molar-refractivity contribution in [3.63, 3.8) is 0 Å². The van der Waals surface area contributed by atoms with Crippen molar-refractivity contribution in [2.75, 3.05) is 26.4 Å². The van der Waals surface area contributed by atoms with Gasteiger partial charge in [0.25, 0.3) is 0 Å². The molecule has 0 amide bonds. The Morgan fingerprint density at radius 2 is 1.24 bits per heavy atom. The summed E-state index contributed by atoms with van der Waals surface area (Å²) in [4.78, 5) is 52.3. The highest BCUT2D eigenvalue weighted by Gasteiger charge is 2.06. The van der Waals surface area contributed by atoms with Crippen LogP contribution in [0.5, 0.6) is 0 Å². The number of hydrogen-bond donors (Lipinski definition) is 2. The number of unbranched alkanes of at least 4 members (excludes halogenated alkanes) is 2. The summed E-state index contributed by atoms with van der Waals surface area (Å²) < 4.78 is 18.6. The van der Waals surface area contributed by atoms with E-state index in [4.69, 9.17) is 19.7 Å². The lowest BCUT2D eigenvalue weighted by Crippen LogP contribution is -2.11. The summed E-state index contributed by atoms with van der Waals surface area (Å²) in [7, 11) is 0. The number of benzene rings is 1. The molecule has 0 fully saturated rings. The predicted molar refractivity (Wildman–Crippen MR) is 193 cm³/mol. The van der Waals surface area contributed by atoms with Crippen molar-refractivity contribution >= 4 is 35.9 Å². The van der Waals surface area contributed by atoms with Gasteiger partial charge in [0, 0.05) is 30.2 Å². The van der Waals surface area contributed by atoms with Crippen molar-refractivity contribution < 1.29 is 53.1 Å². The minimum atomic E-state index is -1.16. The smallest absolute Gasteiger partial charge is 0.337 e. The molecule has 49 heavy (non-hydrogen) atoms. The first-order valence-corrected chi connectivity index (χ1v) is 15.7. The molecule has 0 saturated heterocycles. The number of carbonyl (C=O) groups is 5. The Balaban J connectivity index is -0.000000266. The molecule has 1 rings (SSSR count). The maximum absolute atomic E-state index is 11.1. The van der Waals surface area contributed by atoms with Gasteiger partial charge in [-0.05, 0) is 45.3 Å². The number of aliphatic hydroxyl groups excluding tert-OH is 1. The first-order chi connectivity index (χ1) is 23.2. The highest BCUT2D eigenvalue weighted by Crippen LogP contribution is 2.00. The van der Waals surface area contributed by atoms with Gasteiger partial charge < -0.3 is 29.2 Å². The van der Waals surface area contributed by atoms with Gasteiger partial charge >= 0.3 is 29.8 Å². The van der Waals surface area contributed by atoms with Gasteiger partial charge in [-0.2, -0.15) is 0 Å². The third-order valence-electron chi connectivity index (χ3n) is 4.93. The topological polar surface area (TPSA) is 163 Å². The molecule has 1 atom stereocenters. The molecule has 0 aliphatic carbocycles. The highest BCUT2D eigenvalue weighted by molar-refractivity contribution is 5.93. The summed E-state index contributed by atoms with van der Waals surface area (Å²) in [6.45, 7) is 27.5. The minimum Gasteiger partial charge on any atom is -0.478 e. The van der Waals surface area contributed by atoms with Crippen LogP contribution in [-0.2, 0) is 42.9 Å². The van der Waals surface area contributed by atoms with Crippen molar-refractivity contribution in [1.29, 1.82) is 0 Å². The monoisotopic (exact) mass is 688 g/mol. The third kappa shape index (κ3) is 43.0. The van der Waals surface area contributed by atoms with Gasteiger partial charge in [0.05, 0.1) is 38.1 Å². The van der Waals surface area contributed by atoms with Crippen LogP contribution in [0, 0.1) is 0 Å². The third-order valence-corrected chi connectivity index (χ3v) is 4.93. The molecule has 0 aliphatic heterocycles. The number of esters is 4. The van der Waals surface area contributed by atoms with E-state index in [2.05, 4.69) is 49.3 Å². The number of carbonyl (C=O) groups excluding carboxylic acids is 4. The van der Waals surface area contributed by atoms with Crippen molar-refractivity contribution in [3.05, 3.63) is 104 Å². The summed E-state index contributed by atoms with van der Waals surface area (Å²) in [6.07, 6.45) is 9.76. The summed E-state index contributed by atoms with van der Waals surface area (Å²) in [5.74, 6) is -2.82. The highest BCUT2D eigenvalue weighted by atomic mass is 16.5. The molecular formula is C38H56O11. The van der Waals surface area contributed by atoms with Gasteiger partial charge in [-0.15, -0.1) is 0 Å². The van der Waals surface area contributed by atoms with E-state index in [1.807, 2.05) is 43.3 Å².